The third-order valence-corrected chi connectivity index (χ3v) is 8.00. The normalized spacial score (nSPS) is 11.6. The Labute approximate surface area is 253 Å². The molecule has 3 nitrogen and oxygen atoms in total. The van der Waals surface area contributed by atoms with Gasteiger partial charge in [-0.2, -0.15) is 0 Å². The van der Waals surface area contributed by atoms with Crippen molar-refractivity contribution in [3.63, 3.8) is 0 Å². The van der Waals surface area contributed by atoms with Gasteiger partial charge in [0, 0.05) is 39.8 Å². The van der Waals surface area contributed by atoms with Crippen molar-refractivity contribution in [3.05, 3.63) is 151 Å². The Balaban J connectivity index is 1.40. The van der Waals surface area contributed by atoms with Crippen LogP contribution in [0.25, 0.3) is 33.1 Å². The minimum Gasteiger partial charge on any atom is -0.456 e. The summed E-state index contributed by atoms with van der Waals surface area (Å²) in [5.74, 6) is 0. The largest absolute Gasteiger partial charge is 0.456 e. The summed E-state index contributed by atoms with van der Waals surface area (Å²) in [7, 11) is 0. The molecule has 0 aliphatic heterocycles. The van der Waals surface area contributed by atoms with Crippen molar-refractivity contribution in [2.75, 3.05) is 10.2 Å². The highest BCUT2D eigenvalue weighted by molar-refractivity contribution is 6.14. The van der Waals surface area contributed by atoms with Crippen LogP contribution in [-0.2, 0) is 5.41 Å². The second-order valence-electron chi connectivity index (χ2n) is 12.0. The van der Waals surface area contributed by atoms with E-state index in [9.17, 15) is 0 Å². The van der Waals surface area contributed by atoms with Crippen molar-refractivity contribution in [2.45, 2.75) is 26.2 Å². The molecule has 0 aliphatic rings. The van der Waals surface area contributed by atoms with E-state index in [1.807, 2.05) is 12.1 Å². The topological polar surface area (TPSA) is 28.4 Å². The van der Waals surface area contributed by atoms with Crippen LogP contribution in [0.5, 0.6) is 0 Å². The van der Waals surface area contributed by atoms with Crippen LogP contribution in [0.3, 0.4) is 0 Å². The van der Waals surface area contributed by atoms with E-state index in [0.717, 1.165) is 55.9 Å². The second-order valence-corrected chi connectivity index (χ2v) is 12.0. The molecule has 1 heterocycles. The lowest BCUT2D eigenvalue weighted by atomic mass is 9.86. The van der Waals surface area contributed by atoms with Crippen LogP contribution in [0.2, 0.25) is 0 Å². The van der Waals surface area contributed by atoms with Gasteiger partial charge >= 0.3 is 0 Å². The van der Waals surface area contributed by atoms with Gasteiger partial charge in [0.1, 0.15) is 11.2 Å². The lowest BCUT2D eigenvalue weighted by Gasteiger charge is -2.27. The summed E-state index contributed by atoms with van der Waals surface area (Å²) < 4.78 is 6.49. The van der Waals surface area contributed by atoms with Gasteiger partial charge in [0.05, 0.1) is 11.1 Å². The van der Waals surface area contributed by atoms with Gasteiger partial charge in [-0.05, 0) is 59.0 Å². The number of rotatable bonds is 6. The number of nitrogens with zero attached hydrogens (tertiary/aromatic N) is 1. The second kappa shape index (κ2) is 10.8. The maximum atomic E-state index is 6.49. The Morgan fingerprint density at radius 1 is 0.581 bits per heavy atom. The van der Waals surface area contributed by atoms with Crippen molar-refractivity contribution >= 4 is 50.4 Å². The first-order valence-corrected chi connectivity index (χ1v) is 14.8. The number of hydrogen-bond donors (Lipinski definition) is 1. The molecule has 0 saturated carbocycles. The van der Waals surface area contributed by atoms with E-state index in [1.165, 1.54) is 11.1 Å². The fourth-order valence-corrected chi connectivity index (χ4v) is 5.81. The van der Waals surface area contributed by atoms with Gasteiger partial charge in [-0.25, -0.2) is 0 Å². The Bertz CT molecular complexity index is 1980. The van der Waals surface area contributed by atoms with Crippen LogP contribution in [0.4, 0.5) is 28.4 Å². The van der Waals surface area contributed by atoms with Crippen LogP contribution in [-0.4, -0.2) is 0 Å². The Morgan fingerprint density at radius 2 is 1.19 bits per heavy atom. The quantitative estimate of drug-likeness (QED) is 0.220. The maximum absolute atomic E-state index is 6.49. The first kappa shape index (κ1) is 26.6. The van der Waals surface area contributed by atoms with Crippen LogP contribution in [0.15, 0.2) is 150 Å². The summed E-state index contributed by atoms with van der Waals surface area (Å²) in [5, 5.41) is 5.94. The summed E-state index contributed by atoms with van der Waals surface area (Å²) >= 11 is 0. The van der Waals surface area contributed by atoms with E-state index in [4.69, 9.17) is 4.42 Å². The van der Waals surface area contributed by atoms with Gasteiger partial charge in [-0.1, -0.05) is 118 Å². The van der Waals surface area contributed by atoms with E-state index < -0.39 is 0 Å². The average molecular weight is 559 g/mol. The van der Waals surface area contributed by atoms with Gasteiger partial charge in [0.25, 0.3) is 0 Å². The Kier molecular flexibility index (Phi) is 6.71. The number of anilines is 5. The van der Waals surface area contributed by atoms with Gasteiger partial charge < -0.3 is 14.6 Å². The molecule has 0 fully saturated rings. The molecule has 3 heteroatoms. The minimum atomic E-state index is 0.109. The predicted molar refractivity (Wildman–Crippen MR) is 182 cm³/mol. The van der Waals surface area contributed by atoms with Crippen molar-refractivity contribution in [1.82, 2.24) is 0 Å². The zero-order valence-electron chi connectivity index (χ0n) is 24.7. The third kappa shape index (κ3) is 5.15. The third-order valence-electron chi connectivity index (χ3n) is 8.00. The van der Waals surface area contributed by atoms with Gasteiger partial charge in [-0.15, -0.1) is 0 Å². The summed E-state index contributed by atoms with van der Waals surface area (Å²) in [6, 6.07) is 51.1. The lowest BCUT2D eigenvalue weighted by Crippen LogP contribution is -2.10. The molecule has 0 amide bonds. The summed E-state index contributed by atoms with van der Waals surface area (Å²) in [4.78, 5) is 2.31. The molecule has 1 aromatic heterocycles. The predicted octanol–water partition coefficient (Wildman–Crippen LogP) is 11.8. The molecule has 0 spiro atoms. The summed E-state index contributed by atoms with van der Waals surface area (Å²) in [6.45, 7) is 6.74. The van der Waals surface area contributed by atoms with E-state index in [-0.39, 0.29) is 5.41 Å². The highest BCUT2D eigenvalue weighted by Crippen LogP contribution is 2.45. The first-order chi connectivity index (χ1) is 21.0. The molecular formula is C40H34N2O. The molecule has 0 radical (unpaired) electrons. The molecular weight excluding hydrogens is 524 g/mol. The molecule has 7 aromatic rings. The van der Waals surface area contributed by atoms with Crippen molar-refractivity contribution < 1.29 is 4.42 Å². The van der Waals surface area contributed by atoms with Crippen molar-refractivity contribution in [3.8, 4) is 11.1 Å². The zero-order chi connectivity index (χ0) is 29.4. The van der Waals surface area contributed by atoms with Crippen LogP contribution < -0.4 is 10.2 Å². The SMILES string of the molecule is CC(C)(C)c1ccc(-c2ccccc2Nc2cc(N(c3ccccc3)c3ccccc3)c3c(c2)oc2ccccc23)cc1. The molecule has 0 unspecified atom stereocenters. The lowest BCUT2D eigenvalue weighted by molar-refractivity contribution is 0.590. The van der Waals surface area contributed by atoms with Crippen LogP contribution >= 0.6 is 0 Å². The number of nitrogens with one attached hydrogen (secondary N) is 1. The van der Waals surface area contributed by atoms with Gasteiger partial charge in [0.15, 0.2) is 0 Å². The van der Waals surface area contributed by atoms with E-state index in [1.54, 1.807) is 0 Å². The first-order valence-electron chi connectivity index (χ1n) is 14.8. The smallest absolute Gasteiger partial charge is 0.139 e. The molecule has 0 atom stereocenters. The van der Waals surface area contributed by atoms with Crippen LogP contribution in [0.1, 0.15) is 26.3 Å². The maximum Gasteiger partial charge on any atom is 0.139 e. The average Bonchev–Trinajstić information content (AvgIpc) is 3.41. The highest BCUT2D eigenvalue weighted by atomic mass is 16.3. The number of benzene rings is 6. The van der Waals surface area contributed by atoms with Gasteiger partial charge in [-0.3, -0.25) is 0 Å². The molecule has 0 bridgehead atoms. The highest BCUT2D eigenvalue weighted by Gasteiger charge is 2.21. The van der Waals surface area contributed by atoms with Gasteiger partial charge in [0.2, 0.25) is 0 Å². The van der Waals surface area contributed by atoms with E-state index in [0.29, 0.717) is 0 Å². The Morgan fingerprint density at radius 3 is 1.86 bits per heavy atom. The monoisotopic (exact) mass is 558 g/mol. The molecule has 210 valence electrons. The molecule has 7 rings (SSSR count). The standard InChI is InChI=1S/C40H34N2O/c1-40(2,3)29-24-22-28(23-25-29)33-18-10-12-20-35(33)41-30-26-36(39-34-19-11-13-21-37(34)43-38(39)27-30)42(31-14-6-4-7-15-31)32-16-8-5-9-17-32/h4-27,41H,1-3H3. The molecule has 1 N–H and O–H groups in total. The van der Waals surface area contributed by atoms with E-state index >= 15 is 0 Å². The molecule has 6 aromatic carbocycles. The molecule has 43 heavy (non-hydrogen) atoms. The van der Waals surface area contributed by atoms with E-state index in [2.05, 4.69) is 164 Å². The fourth-order valence-electron chi connectivity index (χ4n) is 5.81. The molecule has 0 aliphatic carbocycles. The summed E-state index contributed by atoms with van der Waals surface area (Å²) in [6.07, 6.45) is 0. The molecule has 0 saturated heterocycles. The summed E-state index contributed by atoms with van der Waals surface area (Å²) in [5.41, 5.74) is 10.7. The zero-order valence-corrected chi connectivity index (χ0v) is 24.7. The minimum absolute atomic E-state index is 0.109. The number of hydrogen-bond acceptors (Lipinski definition) is 3. The van der Waals surface area contributed by atoms with Crippen molar-refractivity contribution in [1.29, 1.82) is 0 Å². The number of para-hydroxylation sites is 4. The fraction of sp³-hybridized carbons (Fsp3) is 0.100. The Hall–Kier alpha value is -5.28. The van der Waals surface area contributed by atoms with Crippen LogP contribution in [0, 0.1) is 0 Å². The van der Waals surface area contributed by atoms with Crippen molar-refractivity contribution in [2.24, 2.45) is 0 Å². The number of fused-ring (bicyclic) bond motifs is 3. The number of furan rings is 1.